The van der Waals surface area contributed by atoms with Crippen LogP contribution in [0.25, 0.3) is 5.76 Å². The zero-order chi connectivity index (χ0) is 39.2. The van der Waals surface area contributed by atoms with Crippen LogP contribution in [-0.2, 0) is 28.4 Å². The summed E-state index contributed by atoms with van der Waals surface area (Å²) in [5, 5.41) is 144. The van der Waals surface area contributed by atoms with Crippen LogP contribution >= 0.6 is 0 Å². The molecule has 4 aliphatic heterocycles. The Kier molecular flexibility index (Phi) is 12.0. The van der Waals surface area contributed by atoms with E-state index in [9.17, 15) is 71.5 Å². The lowest BCUT2D eigenvalue weighted by Gasteiger charge is -2.46. The summed E-state index contributed by atoms with van der Waals surface area (Å²) in [6.07, 6.45) is -23.7. The minimum absolute atomic E-state index is 0.0893. The minimum Gasteiger partial charge on any atom is -0.571 e. The highest BCUT2D eigenvalue weighted by Crippen LogP contribution is 2.41. The van der Waals surface area contributed by atoms with Gasteiger partial charge in [0.15, 0.2) is 23.9 Å². The summed E-state index contributed by atoms with van der Waals surface area (Å²) in [5.74, 6) is -2.03. The van der Waals surface area contributed by atoms with Crippen molar-refractivity contribution in [2.45, 2.75) is 98.2 Å². The smallest absolute Gasteiger partial charge is 0.305 e. The molecule has 0 radical (unpaired) electrons. The number of aromatic hydroxyl groups is 2. The van der Waals surface area contributed by atoms with E-state index >= 15 is 0 Å². The van der Waals surface area contributed by atoms with Gasteiger partial charge in [0.05, 0.1) is 37.0 Å². The molecule has 0 bridgehead atoms. The second-order valence-corrected chi connectivity index (χ2v) is 13.1. The van der Waals surface area contributed by atoms with E-state index in [-0.39, 0.29) is 34.2 Å². The van der Waals surface area contributed by atoms with E-state index in [4.69, 9.17) is 28.4 Å². The van der Waals surface area contributed by atoms with E-state index in [1.165, 1.54) is 18.2 Å². The lowest BCUT2D eigenvalue weighted by atomic mass is 9.95. The van der Waals surface area contributed by atoms with Gasteiger partial charge in [0, 0.05) is 18.2 Å². The molecule has 16 unspecified atom stereocenters. The fourth-order valence-corrected chi connectivity index (χ4v) is 6.46. The minimum atomic E-state index is -1.96. The number of aliphatic hydroxyl groups excluding tert-OH is 12. The van der Waals surface area contributed by atoms with Gasteiger partial charge in [-0.2, -0.15) is 0 Å². The predicted molar refractivity (Wildman–Crippen MR) is 172 cm³/mol. The van der Waals surface area contributed by atoms with Gasteiger partial charge in [0.1, 0.15) is 78.7 Å². The van der Waals surface area contributed by atoms with Gasteiger partial charge >= 0.3 is 5.76 Å². The van der Waals surface area contributed by atoms with Crippen molar-refractivity contribution in [3.05, 3.63) is 64.8 Å². The maximum Gasteiger partial charge on any atom is 0.305 e. The Bertz CT molecular complexity index is 1620. The first kappa shape index (κ1) is 40.1. The topological polar surface area (TPSA) is 351 Å². The molecule has 1 aliphatic carbocycles. The Balaban J connectivity index is 1.39. The molecule has 21 heteroatoms. The number of aliphatic hydroxyl groups is 14. The van der Waals surface area contributed by atoms with Gasteiger partial charge in [-0.3, -0.25) is 0 Å². The maximum absolute atomic E-state index is 11.2. The largest absolute Gasteiger partial charge is 0.571 e. The van der Waals surface area contributed by atoms with E-state index in [2.05, 4.69) is 4.74 Å². The monoisotopic (exact) mass is 775 g/mol. The average molecular weight is 776 g/mol. The highest BCUT2D eigenvalue weighted by atomic mass is 16.8. The first-order chi connectivity index (χ1) is 25.7. The van der Waals surface area contributed by atoms with Crippen molar-refractivity contribution in [3.8, 4) is 11.5 Å². The van der Waals surface area contributed by atoms with Crippen molar-refractivity contribution in [2.75, 3.05) is 19.8 Å². The Morgan fingerprint density at radius 1 is 0.593 bits per heavy atom. The van der Waals surface area contributed by atoms with Crippen LogP contribution in [0.5, 0.6) is 11.5 Å². The van der Waals surface area contributed by atoms with Gasteiger partial charge in [0.25, 0.3) is 0 Å². The number of benzene rings is 1. The summed E-state index contributed by atoms with van der Waals surface area (Å²) in [6.45, 7) is -2.43. The molecule has 3 fully saturated rings. The van der Waals surface area contributed by atoms with Crippen LogP contribution < -0.4 is 0 Å². The van der Waals surface area contributed by atoms with Crippen molar-refractivity contribution >= 4 is 5.76 Å². The lowest BCUT2D eigenvalue weighted by molar-refractivity contribution is -0.363. The van der Waals surface area contributed by atoms with Gasteiger partial charge < -0.3 is 105 Å². The number of allylic oxidation sites excluding steroid dienone is 2. The second-order valence-electron chi connectivity index (χ2n) is 13.1. The summed E-state index contributed by atoms with van der Waals surface area (Å²) in [5.41, 5.74) is 0.198. The third-order valence-corrected chi connectivity index (χ3v) is 9.55. The summed E-state index contributed by atoms with van der Waals surface area (Å²) < 4.78 is 39.1. The van der Waals surface area contributed by atoms with E-state index in [1.54, 1.807) is 0 Å². The fraction of sp³-hybridized carbons (Fsp3) is 0.576. The average Bonchev–Trinajstić information content (AvgIpc) is 3.15. The molecule has 0 spiro atoms. The van der Waals surface area contributed by atoms with E-state index in [0.29, 0.717) is 0 Å². The first-order valence-electron chi connectivity index (χ1n) is 16.7. The third kappa shape index (κ3) is 7.62. The maximum atomic E-state index is 11.2. The summed E-state index contributed by atoms with van der Waals surface area (Å²) in [7, 11) is 0. The standard InChI is InChI=1S/C33H42O21/c34-7-18-21(40)24(43)27(46)31(51-18)49-16-5-11(37)4-15-12(16)6-17(29(48-15)10-1-2-13(38)14(39)3-10)50-33-30(26(45)23(42)20(9-36)53-33)54-32-28(47)25(44)22(41)19(8-35)52-32/h1-6,15,18-28,30-47H,7-9H2/p+1. The van der Waals surface area contributed by atoms with Gasteiger partial charge in [0.2, 0.25) is 24.4 Å². The molecule has 300 valence electrons. The fourth-order valence-electron chi connectivity index (χ4n) is 6.46. The number of ether oxygens (including phenoxy) is 7. The molecule has 0 amide bonds. The van der Waals surface area contributed by atoms with Crippen LogP contribution in [0.4, 0.5) is 0 Å². The number of hydrogen-bond donors (Lipinski definition) is 14. The quantitative estimate of drug-likeness (QED) is 0.0778. The molecule has 21 nitrogen and oxygen atoms in total. The lowest BCUT2D eigenvalue weighted by Crippen LogP contribution is -2.64. The molecule has 54 heavy (non-hydrogen) atoms. The molecular formula is C33H43O21+. The Morgan fingerprint density at radius 2 is 1.15 bits per heavy atom. The third-order valence-electron chi connectivity index (χ3n) is 9.55. The van der Waals surface area contributed by atoms with Gasteiger partial charge in [-0.1, -0.05) is 0 Å². The normalized spacial score (nSPS) is 41.2. The van der Waals surface area contributed by atoms with Crippen LogP contribution in [-0.4, -0.2) is 194 Å². The van der Waals surface area contributed by atoms with Crippen molar-refractivity contribution in [3.63, 3.8) is 0 Å². The summed E-state index contributed by atoms with van der Waals surface area (Å²) in [4.78, 5) is 0. The predicted octanol–water partition coefficient (Wildman–Crippen LogP) is -5.60. The van der Waals surface area contributed by atoms with Crippen LogP contribution in [0.3, 0.4) is 0 Å². The van der Waals surface area contributed by atoms with Crippen molar-refractivity contribution in [1.29, 1.82) is 0 Å². The van der Waals surface area contributed by atoms with Crippen LogP contribution in [0, 0.1) is 0 Å². The van der Waals surface area contributed by atoms with Crippen molar-refractivity contribution in [2.24, 2.45) is 0 Å². The molecule has 1 aromatic carbocycles. The van der Waals surface area contributed by atoms with E-state index in [1.807, 2.05) is 0 Å². The molecule has 3 saturated heterocycles. The van der Waals surface area contributed by atoms with Crippen molar-refractivity contribution in [1.82, 2.24) is 0 Å². The molecule has 6 rings (SSSR count). The molecule has 0 saturated carbocycles. The highest BCUT2D eigenvalue weighted by molar-refractivity contribution is 5.69. The molecule has 0 aromatic heterocycles. The summed E-state index contributed by atoms with van der Waals surface area (Å²) in [6, 6.07) is 3.58. The van der Waals surface area contributed by atoms with Gasteiger partial charge in [-0.25, -0.2) is 0 Å². The van der Waals surface area contributed by atoms with E-state index < -0.39 is 130 Å². The van der Waals surface area contributed by atoms with Gasteiger partial charge in [-0.15, -0.1) is 0 Å². The molecule has 1 aromatic rings. The SMILES string of the molecule is OCC1OC(OC2=CC(O)=CC3[OH+]C(c4ccc(O)c(O)c4)=C(OC4OC(CO)C(O)C(O)C4OC4OC(CO)C(O)C(O)C4O)C=C23)C(O)C(O)C1O. The van der Waals surface area contributed by atoms with Gasteiger partial charge in [-0.05, 0) is 12.1 Å². The Labute approximate surface area is 304 Å². The number of fused-ring (bicyclic) bond motifs is 1. The van der Waals surface area contributed by atoms with Crippen LogP contribution in [0.2, 0.25) is 0 Å². The summed E-state index contributed by atoms with van der Waals surface area (Å²) >= 11 is 0. The zero-order valence-corrected chi connectivity index (χ0v) is 28.0. The zero-order valence-electron chi connectivity index (χ0n) is 28.0. The molecule has 15 N–H and O–H groups in total. The molecule has 5 aliphatic rings. The first-order valence-corrected chi connectivity index (χ1v) is 16.7. The molecule has 16 atom stereocenters. The molecule has 4 heterocycles. The molecular weight excluding hydrogens is 732 g/mol. The van der Waals surface area contributed by atoms with Crippen LogP contribution in [0.15, 0.2) is 59.3 Å². The van der Waals surface area contributed by atoms with Crippen LogP contribution in [0.1, 0.15) is 5.56 Å². The highest BCUT2D eigenvalue weighted by Gasteiger charge is 2.52. The Morgan fingerprint density at radius 3 is 1.74 bits per heavy atom. The van der Waals surface area contributed by atoms with Crippen molar-refractivity contribution < 1.29 is 105 Å². The number of phenols is 2. The second kappa shape index (κ2) is 16.2. The number of phenolic OH excluding ortho intramolecular Hbond substituents is 2. The Hall–Kier alpha value is -3.62. The van der Waals surface area contributed by atoms with E-state index in [0.717, 1.165) is 18.2 Å². The number of hydrogen-bond acceptors (Lipinski definition) is 20. The number of rotatable bonds is 10.